The number of benzene rings is 3. The van der Waals surface area contributed by atoms with Crippen molar-refractivity contribution in [2.45, 2.75) is 5.92 Å². The monoisotopic (exact) mass is 352 g/mol. The molecule has 132 valence electrons. The molecule has 1 fully saturated rings. The van der Waals surface area contributed by atoms with Gasteiger partial charge in [-0.15, -0.1) is 0 Å². The summed E-state index contributed by atoms with van der Waals surface area (Å²) < 4.78 is 0. The van der Waals surface area contributed by atoms with Crippen LogP contribution >= 0.6 is 0 Å². The van der Waals surface area contributed by atoms with Gasteiger partial charge in [-0.1, -0.05) is 97.1 Å². The van der Waals surface area contributed by atoms with E-state index in [4.69, 9.17) is 0 Å². The highest BCUT2D eigenvalue weighted by atomic mass is 16.1. The third kappa shape index (κ3) is 3.65. The van der Waals surface area contributed by atoms with E-state index in [1.54, 1.807) is 18.2 Å². The molecule has 3 aromatic rings. The van der Waals surface area contributed by atoms with Crippen LogP contribution in [-0.4, -0.2) is 11.6 Å². The Balaban J connectivity index is 1.58. The van der Waals surface area contributed by atoms with Crippen LogP contribution in [0.25, 0.3) is 0 Å². The van der Waals surface area contributed by atoms with Crippen molar-refractivity contribution >= 4 is 11.6 Å². The second kappa shape index (κ2) is 7.55. The zero-order valence-corrected chi connectivity index (χ0v) is 14.9. The normalized spacial score (nSPS) is 21.1. The van der Waals surface area contributed by atoms with Crippen molar-refractivity contribution in [3.8, 4) is 0 Å². The summed E-state index contributed by atoms with van der Waals surface area (Å²) >= 11 is 0. The molecule has 1 aliphatic rings. The highest BCUT2D eigenvalue weighted by Crippen LogP contribution is 2.56. The van der Waals surface area contributed by atoms with E-state index in [0.29, 0.717) is 5.56 Å². The zero-order valence-electron chi connectivity index (χ0n) is 14.9. The fourth-order valence-corrected chi connectivity index (χ4v) is 3.71. The molecular weight excluding hydrogens is 332 g/mol. The summed E-state index contributed by atoms with van der Waals surface area (Å²) in [6.07, 6.45) is 3.53. The fourth-order valence-electron chi connectivity index (χ4n) is 3.71. The van der Waals surface area contributed by atoms with Gasteiger partial charge < -0.3 is 0 Å². The number of ketones is 2. The average molecular weight is 352 g/mol. The number of hydrogen-bond acceptors (Lipinski definition) is 2. The van der Waals surface area contributed by atoms with E-state index < -0.39 is 0 Å². The van der Waals surface area contributed by atoms with E-state index in [0.717, 1.165) is 11.1 Å². The molecule has 3 aromatic carbocycles. The Morgan fingerprint density at radius 3 is 1.78 bits per heavy atom. The van der Waals surface area contributed by atoms with Gasteiger partial charge in [0.1, 0.15) is 0 Å². The standard InChI is InChI=1S/C25H20O2/c26-22(18-10-4-1-5-11-18)17-16-21-23(19-12-6-2-7-13-19)24(21)25(27)20-14-8-3-9-15-20/h1-17,21,23-24H/b17-16+/t21-,23-,24-/m1/s1. The first-order chi connectivity index (χ1) is 13.3. The largest absolute Gasteiger partial charge is 0.294 e. The number of hydrogen-bond donors (Lipinski definition) is 0. The third-order valence-electron chi connectivity index (χ3n) is 5.15. The molecule has 0 N–H and O–H groups in total. The van der Waals surface area contributed by atoms with Crippen LogP contribution in [0.15, 0.2) is 103 Å². The summed E-state index contributed by atoms with van der Waals surface area (Å²) in [5, 5.41) is 0. The molecule has 0 aliphatic heterocycles. The van der Waals surface area contributed by atoms with E-state index in [-0.39, 0.29) is 29.3 Å². The molecule has 0 radical (unpaired) electrons. The Labute approximate surface area is 159 Å². The fraction of sp³-hybridized carbons (Fsp3) is 0.120. The van der Waals surface area contributed by atoms with Crippen LogP contribution in [0, 0.1) is 11.8 Å². The van der Waals surface area contributed by atoms with Gasteiger partial charge in [0, 0.05) is 23.0 Å². The Hall–Kier alpha value is -3.26. The maximum Gasteiger partial charge on any atom is 0.185 e. The van der Waals surface area contributed by atoms with E-state index in [2.05, 4.69) is 12.1 Å². The van der Waals surface area contributed by atoms with Crippen molar-refractivity contribution in [1.82, 2.24) is 0 Å². The maximum absolute atomic E-state index is 13.0. The van der Waals surface area contributed by atoms with Gasteiger partial charge in [-0.05, 0) is 17.6 Å². The summed E-state index contributed by atoms with van der Waals surface area (Å²) in [6, 6.07) is 28.7. The summed E-state index contributed by atoms with van der Waals surface area (Å²) in [6.45, 7) is 0. The first-order valence-electron chi connectivity index (χ1n) is 9.17. The molecule has 0 spiro atoms. The first kappa shape index (κ1) is 17.2. The van der Waals surface area contributed by atoms with Gasteiger partial charge in [-0.25, -0.2) is 0 Å². The molecule has 1 aliphatic carbocycles. The van der Waals surface area contributed by atoms with Gasteiger partial charge >= 0.3 is 0 Å². The van der Waals surface area contributed by atoms with Crippen molar-refractivity contribution in [2.75, 3.05) is 0 Å². The molecule has 4 rings (SSSR count). The molecule has 0 bridgehead atoms. The molecule has 0 aromatic heterocycles. The molecular formula is C25H20O2. The Kier molecular flexibility index (Phi) is 4.80. The second-order valence-corrected chi connectivity index (χ2v) is 6.86. The lowest BCUT2D eigenvalue weighted by Crippen LogP contribution is -2.03. The van der Waals surface area contributed by atoms with Crippen molar-refractivity contribution in [3.63, 3.8) is 0 Å². The Morgan fingerprint density at radius 1 is 0.667 bits per heavy atom. The maximum atomic E-state index is 13.0. The number of carbonyl (C=O) groups is 2. The molecule has 27 heavy (non-hydrogen) atoms. The number of Topliss-reactive ketones (excluding diaryl/α,β-unsaturated/α-hetero) is 1. The van der Waals surface area contributed by atoms with E-state index in [9.17, 15) is 9.59 Å². The molecule has 0 amide bonds. The van der Waals surface area contributed by atoms with Crippen molar-refractivity contribution in [1.29, 1.82) is 0 Å². The highest BCUT2D eigenvalue weighted by molar-refractivity contribution is 6.05. The summed E-state index contributed by atoms with van der Waals surface area (Å²) in [5.74, 6) is 0.174. The third-order valence-corrected chi connectivity index (χ3v) is 5.15. The number of rotatable bonds is 6. The van der Waals surface area contributed by atoms with Gasteiger partial charge in [0.15, 0.2) is 11.6 Å². The zero-order chi connectivity index (χ0) is 18.6. The van der Waals surface area contributed by atoms with Gasteiger partial charge in [0.2, 0.25) is 0 Å². The highest BCUT2D eigenvalue weighted by Gasteiger charge is 2.53. The topological polar surface area (TPSA) is 34.1 Å². The number of allylic oxidation sites excluding steroid dienone is 2. The summed E-state index contributed by atoms with van der Waals surface area (Å²) in [5.41, 5.74) is 2.54. The molecule has 0 saturated heterocycles. The molecule has 2 heteroatoms. The van der Waals surface area contributed by atoms with Crippen LogP contribution in [0.3, 0.4) is 0 Å². The van der Waals surface area contributed by atoms with Crippen molar-refractivity contribution in [2.24, 2.45) is 11.8 Å². The lowest BCUT2D eigenvalue weighted by Gasteiger charge is -2.00. The lowest BCUT2D eigenvalue weighted by atomic mass is 10.0. The summed E-state index contributed by atoms with van der Waals surface area (Å²) in [7, 11) is 0. The predicted molar refractivity (Wildman–Crippen MR) is 107 cm³/mol. The summed E-state index contributed by atoms with van der Waals surface area (Å²) in [4.78, 5) is 25.4. The predicted octanol–water partition coefficient (Wildman–Crippen LogP) is 5.34. The van der Waals surface area contributed by atoms with Gasteiger partial charge in [0.25, 0.3) is 0 Å². The van der Waals surface area contributed by atoms with E-state index >= 15 is 0 Å². The van der Waals surface area contributed by atoms with Gasteiger partial charge in [0.05, 0.1) is 0 Å². The minimum atomic E-state index is -0.116. The molecule has 0 heterocycles. The molecule has 0 unspecified atom stereocenters. The van der Waals surface area contributed by atoms with Gasteiger partial charge in [-0.3, -0.25) is 9.59 Å². The van der Waals surface area contributed by atoms with Crippen LogP contribution in [0.1, 0.15) is 32.2 Å². The van der Waals surface area contributed by atoms with Crippen LogP contribution < -0.4 is 0 Å². The van der Waals surface area contributed by atoms with E-state index in [1.165, 1.54) is 0 Å². The quantitative estimate of drug-likeness (QED) is 0.443. The van der Waals surface area contributed by atoms with Crippen molar-refractivity contribution in [3.05, 3.63) is 120 Å². The van der Waals surface area contributed by atoms with E-state index in [1.807, 2.05) is 72.8 Å². The Bertz CT molecular complexity index is 959. The minimum Gasteiger partial charge on any atom is -0.294 e. The first-order valence-corrected chi connectivity index (χ1v) is 9.17. The lowest BCUT2D eigenvalue weighted by molar-refractivity contribution is 0.0960. The molecule has 1 saturated carbocycles. The van der Waals surface area contributed by atoms with Gasteiger partial charge in [-0.2, -0.15) is 0 Å². The molecule has 3 atom stereocenters. The van der Waals surface area contributed by atoms with Crippen LogP contribution in [-0.2, 0) is 0 Å². The average Bonchev–Trinajstić information content (AvgIpc) is 3.47. The second-order valence-electron chi connectivity index (χ2n) is 6.86. The van der Waals surface area contributed by atoms with Crippen LogP contribution in [0.4, 0.5) is 0 Å². The SMILES string of the molecule is O=C(/C=C/[C@H]1[C@@H](C(=O)c2ccccc2)[C@@H]1c1ccccc1)c1ccccc1. The minimum absolute atomic E-state index is 0.0276. The van der Waals surface area contributed by atoms with Crippen molar-refractivity contribution < 1.29 is 9.59 Å². The smallest absolute Gasteiger partial charge is 0.185 e. The van der Waals surface area contributed by atoms with Crippen LogP contribution in [0.5, 0.6) is 0 Å². The number of carbonyl (C=O) groups excluding carboxylic acids is 2. The van der Waals surface area contributed by atoms with Crippen LogP contribution in [0.2, 0.25) is 0 Å². The Morgan fingerprint density at radius 2 is 1.19 bits per heavy atom. The molecule has 2 nitrogen and oxygen atoms in total.